The van der Waals surface area contributed by atoms with Crippen LogP contribution in [0.5, 0.6) is 0 Å². The minimum absolute atomic E-state index is 0.111. The molecular weight excluding hydrogens is 164 g/mol. The molecule has 1 amide bonds. The van der Waals surface area contributed by atoms with Crippen molar-refractivity contribution in [2.75, 3.05) is 0 Å². The first kappa shape index (κ1) is 8.64. The molecule has 0 unspecified atom stereocenters. The van der Waals surface area contributed by atoms with Crippen LogP contribution in [0.4, 0.5) is 8.78 Å². The van der Waals surface area contributed by atoms with Gasteiger partial charge in [0.2, 0.25) is 5.91 Å². The molecule has 2 N–H and O–H groups in total. The van der Waals surface area contributed by atoms with E-state index in [1.165, 1.54) is 24.3 Å². The lowest BCUT2D eigenvalue weighted by atomic mass is 10.1. The van der Waals surface area contributed by atoms with Crippen LogP contribution in [0, 0.1) is 0 Å². The topological polar surface area (TPSA) is 43.1 Å². The highest BCUT2D eigenvalue weighted by atomic mass is 19.3. The van der Waals surface area contributed by atoms with Crippen LogP contribution in [-0.2, 0) is 0 Å². The lowest BCUT2D eigenvalue weighted by molar-refractivity contribution is 0.0999. The summed E-state index contributed by atoms with van der Waals surface area (Å²) in [6, 6.07) is 4.93. The van der Waals surface area contributed by atoms with Crippen molar-refractivity contribution in [2.24, 2.45) is 5.73 Å². The Hall–Kier alpha value is -1.45. The van der Waals surface area contributed by atoms with E-state index >= 15 is 0 Å². The second-order valence-electron chi connectivity index (χ2n) is 2.29. The molecule has 0 aliphatic carbocycles. The molecule has 0 fully saturated rings. The number of hydrogen-bond acceptors (Lipinski definition) is 1. The quantitative estimate of drug-likeness (QED) is 0.723. The van der Waals surface area contributed by atoms with Gasteiger partial charge in [0.05, 0.1) is 0 Å². The van der Waals surface area contributed by atoms with Crippen LogP contribution in [0.25, 0.3) is 0 Å². The molecule has 0 aromatic heterocycles. The van der Waals surface area contributed by atoms with Crippen LogP contribution >= 0.6 is 0 Å². The van der Waals surface area contributed by atoms with E-state index in [0.29, 0.717) is 0 Å². The minimum atomic E-state index is -2.51. The molecule has 0 saturated heterocycles. The van der Waals surface area contributed by atoms with Crippen molar-refractivity contribution in [2.45, 2.75) is 6.43 Å². The molecule has 1 aromatic carbocycles. The Labute approximate surface area is 68.0 Å². The van der Waals surface area contributed by atoms with Gasteiger partial charge in [0.25, 0.3) is 6.43 Å². The summed E-state index contributed by atoms with van der Waals surface area (Å²) in [4.78, 5) is 10.5. The largest absolute Gasteiger partial charge is 0.366 e. The van der Waals surface area contributed by atoms with Crippen LogP contribution in [0.15, 0.2) is 24.3 Å². The van der Waals surface area contributed by atoms with Crippen LogP contribution in [0.3, 0.4) is 0 Å². The smallest absolute Gasteiger partial charge is 0.263 e. The first-order valence-corrected chi connectivity index (χ1v) is 3.29. The van der Waals surface area contributed by atoms with Crippen molar-refractivity contribution in [1.82, 2.24) is 0 Å². The molecule has 0 aliphatic rings. The maximum absolute atomic E-state index is 12.0. The Morgan fingerprint density at radius 3 is 2.08 bits per heavy atom. The Kier molecular flexibility index (Phi) is 2.38. The van der Waals surface area contributed by atoms with Crippen LogP contribution in [0.1, 0.15) is 22.3 Å². The van der Waals surface area contributed by atoms with E-state index in [9.17, 15) is 13.6 Å². The molecule has 0 radical (unpaired) electrons. The van der Waals surface area contributed by atoms with E-state index in [0.717, 1.165) is 0 Å². The Morgan fingerprint density at radius 2 is 1.75 bits per heavy atom. The molecule has 2 nitrogen and oxygen atoms in total. The zero-order valence-electron chi connectivity index (χ0n) is 6.13. The van der Waals surface area contributed by atoms with Crippen molar-refractivity contribution >= 4 is 5.91 Å². The molecule has 0 atom stereocenters. The Balaban J connectivity index is 2.93. The van der Waals surface area contributed by atoms with Gasteiger partial charge >= 0.3 is 0 Å². The van der Waals surface area contributed by atoms with Gasteiger partial charge in [-0.05, 0) is 12.1 Å². The van der Waals surface area contributed by atoms with Gasteiger partial charge in [0.1, 0.15) is 0 Å². The molecule has 12 heavy (non-hydrogen) atoms. The molecule has 1 aromatic rings. The highest BCUT2D eigenvalue weighted by Gasteiger charge is 2.06. The predicted molar refractivity (Wildman–Crippen MR) is 39.9 cm³/mol. The van der Waals surface area contributed by atoms with Crippen LogP contribution < -0.4 is 5.73 Å². The van der Waals surface area contributed by atoms with E-state index in [2.05, 4.69) is 0 Å². The van der Waals surface area contributed by atoms with Gasteiger partial charge in [-0.15, -0.1) is 0 Å². The van der Waals surface area contributed by atoms with E-state index in [4.69, 9.17) is 5.73 Å². The van der Waals surface area contributed by atoms with E-state index in [1.54, 1.807) is 0 Å². The summed E-state index contributed by atoms with van der Waals surface area (Å²) in [5.41, 5.74) is 5.04. The summed E-state index contributed by atoms with van der Waals surface area (Å²) < 4.78 is 24.0. The first-order valence-electron chi connectivity index (χ1n) is 3.29. The summed E-state index contributed by atoms with van der Waals surface area (Å²) in [5.74, 6) is -0.615. The highest BCUT2D eigenvalue weighted by Crippen LogP contribution is 2.18. The number of hydrogen-bond donors (Lipinski definition) is 1. The van der Waals surface area contributed by atoms with Gasteiger partial charge in [-0.1, -0.05) is 12.1 Å². The fourth-order valence-electron chi connectivity index (χ4n) is 0.793. The van der Waals surface area contributed by atoms with Crippen LogP contribution in [0.2, 0.25) is 0 Å². The van der Waals surface area contributed by atoms with Gasteiger partial charge in [-0.2, -0.15) is 0 Å². The zero-order chi connectivity index (χ0) is 9.14. The van der Waals surface area contributed by atoms with E-state index < -0.39 is 12.3 Å². The lowest BCUT2D eigenvalue weighted by Crippen LogP contribution is -2.10. The molecule has 0 aliphatic heterocycles. The monoisotopic (exact) mass is 171 g/mol. The molecule has 1 rings (SSSR count). The SMILES string of the molecule is NC(=O)c1ccc(C(F)F)cc1. The van der Waals surface area contributed by atoms with Gasteiger partial charge in [0, 0.05) is 11.1 Å². The van der Waals surface area contributed by atoms with Crippen molar-refractivity contribution in [3.05, 3.63) is 35.4 Å². The average Bonchev–Trinajstić information content (AvgIpc) is 2.04. The molecule has 0 saturated carbocycles. The van der Waals surface area contributed by atoms with Gasteiger partial charge in [-0.3, -0.25) is 4.79 Å². The third-order valence-corrected chi connectivity index (χ3v) is 1.45. The first-order chi connectivity index (χ1) is 5.61. The zero-order valence-corrected chi connectivity index (χ0v) is 6.13. The molecule has 0 bridgehead atoms. The van der Waals surface area contributed by atoms with Gasteiger partial charge in [0.15, 0.2) is 0 Å². The highest BCUT2D eigenvalue weighted by molar-refractivity contribution is 5.92. The van der Waals surface area contributed by atoms with Crippen molar-refractivity contribution in [1.29, 1.82) is 0 Å². The number of nitrogens with two attached hydrogens (primary N) is 1. The Morgan fingerprint density at radius 1 is 1.25 bits per heavy atom. The minimum Gasteiger partial charge on any atom is -0.366 e. The molecule has 64 valence electrons. The summed E-state index contributed by atoms with van der Waals surface area (Å²) in [5, 5.41) is 0. The molecule has 0 spiro atoms. The molecular formula is C8H7F2NO. The predicted octanol–water partition coefficient (Wildman–Crippen LogP) is 1.72. The summed E-state index contributed by atoms with van der Waals surface area (Å²) in [6.45, 7) is 0. The maximum atomic E-state index is 12.0. The van der Waals surface area contributed by atoms with E-state index in [1.807, 2.05) is 0 Å². The number of alkyl halides is 2. The number of carbonyl (C=O) groups is 1. The number of amides is 1. The summed E-state index contributed by atoms with van der Waals surface area (Å²) >= 11 is 0. The lowest BCUT2D eigenvalue weighted by Gasteiger charge is -1.99. The number of carbonyl (C=O) groups excluding carboxylic acids is 1. The fourth-order valence-corrected chi connectivity index (χ4v) is 0.793. The third kappa shape index (κ3) is 1.78. The normalized spacial score (nSPS) is 10.2. The van der Waals surface area contributed by atoms with Crippen molar-refractivity contribution in [3.8, 4) is 0 Å². The number of halogens is 2. The number of benzene rings is 1. The third-order valence-electron chi connectivity index (χ3n) is 1.45. The average molecular weight is 171 g/mol. The maximum Gasteiger partial charge on any atom is 0.263 e. The summed E-state index contributed by atoms with van der Waals surface area (Å²) in [6.07, 6.45) is -2.51. The molecule has 0 heterocycles. The van der Waals surface area contributed by atoms with Gasteiger partial charge < -0.3 is 5.73 Å². The second kappa shape index (κ2) is 3.30. The number of primary amides is 1. The van der Waals surface area contributed by atoms with Gasteiger partial charge in [-0.25, -0.2) is 8.78 Å². The standard InChI is InChI=1S/C8H7F2NO/c9-7(10)5-1-3-6(4-2-5)8(11)12/h1-4,7H,(H2,11,12). The van der Waals surface area contributed by atoms with Crippen LogP contribution in [-0.4, -0.2) is 5.91 Å². The van der Waals surface area contributed by atoms with Crippen molar-refractivity contribution < 1.29 is 13.6 Å². The fraction of sp³-hybridized carbons (Fsp3) is 0.125. The summed E-state index contributed by atoms with van der Waals surface area (Å²) in [7, 11) is 0. The molecule has 4 heteroatoms. The number of rotatable bonds is 2. The second-order valence-corrected chi connectivity index (χ2v) is 2.29. The Bertz CT molecular complexity index is 282. The van der Waals surface area contributed by atoms with E-state index in [-0.39, 0.29) is 11.1 Å². The van der Waals surface area contributed by atoms with Crippen molar-refractivity contribution in [3.63, 3.8) is 0 Å².